The van der Waals surface area contributed by atoms with E-state index in [-0.39, 0.29) is 17.7 Å². The molecule has 4 saturated heterocycles. The SMILES string of the molecule is Nc1ccc(N2CCC3(CCN(C4CN(c5ccc(C6CCC(=O)NC6=O)cc5)C4)C3)C2)cc1. The Kier molecular flexibility index (Phi) is 5.25. The maximum atomic E-state index is 12.1. The summed E-state index contributed by atoms with van der Waals surface area (Å²) in [5.74, 6) is -0.544. The van der Waals surface area contributed by atoms with Gasteiger partial charge in [-0.25, -0.2) is 0 Å². The Morgan fingerprint density at radius 2 is 1.53 bits per heavy atom. The number of nitrogens with one attached hydrogen (secondary N) is 1. The Hall–Kier alpha value is -3.06. The van der Waals surface area contributed by atoms with Crippen molar-refractivity contribution >= 4 is 28.9 Å². The van der Waals surface area contributed by atoms with Gasteiger partial charge in [-0.15, -0.1) is 0 Å². The average Bonchev–Trinajstić information content (AvgIpc) is 3.41. The molecule has 0 bridgehead atoms. The van der Waals surface area contributed by atoms with Gasteiger partial charge in [0.2, 0.25) is 11.8 Å². The van der Waals surface area contributed by atoms with E-state index in [2.05, 4.69) is 56.4 Å². The number of likely N-dealkylation sites (tertiary alicyclic amines) is 1. The number of nitrogens with zero attached hydrogens (tertiary/aromatic N) is 3. The summed E-state index contributed by atoms with van der Waals surface area (Å²) in [4.78, 5) is 31.2. The summed E-state index contributed by atoms with van der Waals surface area (Å²) in [6.45, 7) is 6.80. The lowest BCUT2D eigenvalue weighted by atomic mass is 9.86. The topological polar surface area (TPSA) is 81.9 Å². The lowest BCUT2D eigenvalue weighted by molar-refractivity contribution is -0.134. The Labute approximate surface area is 200 Å². The Morgan fingerprint density at radius 1 is 0.853 bits per heavy atom. The molecule has 0 radical (unpaired) electrons. The number of nitrogen functional groups attached to an aromatic ring is 1. The van der Waals surface area contributed by atoms with Gasteiger partial charge in [0.05, 0.1) is 5.92 Å². The number of imide groups is 1. The molecule has 6 rings (SSSR count). The number of anilines is 3. The Morgan fingerprint density at radius 3 is 2.26 bits per heavy atom. The highest BCUT2D eigenvalue weighted by Gasteiger charge is 2.46. The fourth-order valence-corrected chi connectivity index (χ4v) is 6.28. The Bertz CT molecular complexity index is 1080. The number of piperidine rings is 1. The summed E-state index contributed by atoms with van der Waals surface area (Å²) in [7, 11) is 0. The largest absolute Gasteiger partial charge is 0.399 e. The summed E-state index contributed by atoms with van der Waals surface area (Å²) in [6, 6.07) is 17.3. The molecule has 2 aromatic carbocycles. The average molecular weight is 460 g/mol. The lowest BCUT2D eigenvalue weighted by Crippen LogP contribution is -2.59. The standard InChI is InChI=1S/C27H33N5O2/c28-20-3-7-21(8-4-20)30-13-11-27(17-30)12-14-31(18-27)23-15-32(16-23)22-5-1-19(2-6-22)24-9-10-25(33)29-26(24)34/h1-8,23-24H,9-18,28H2,(H,29,33,34). The fraction of sp³-hybridized carbons (Fsp3) is 0.481. The molecule has 34 heavy (non-hydrogen) atoms. The number of hydrogen-bond acceptors (Lipinski definition) is 6. The third kappa shape index (κ3) is 3.92. The van der Waals surface area contributed by atoms with Crippen LogP contribution in [0.4, 0.5) is 17.1 Å². The van der Waals surface area contributed by atoms with Crippen LogP contribution in [0.2, 0.25) is 0 Å². The minimum atomic E-state index is -0.212. The molecule has 2 aromatic rings. The zero-order valence-corrected chi connectivity index (χ0v) is 19.6. The predicted molar refractivity (Wildman–Crippen MR) is 134 cm³/mol. The summed E-state index contributed by atoms with van der Waals surface area (Å²) in [5, 5.41) is 2.46. The van der Waals surface area contributed by atoms with Crippen molar-refractivity contribution in [2.75, 3.05) is 54.8 Å². The van der Waals surface area contributed by atoms with Crippen LogP contribution >= 0.6 is 0 Å². The van der Waals surface area contributed by atoms with Crippen LogP contribution in [-0.2, 0) is 9.59 Å². The van der Waals surface area contributed by atoms with Crippen molar-refractivity contribution in [2.24, 2.45) is 5.41 Å². The minimum Gasteiger partial charge on any atom is -0.399 e. The van der Waals surface area contributed by atoms with Crippen LogP contribution in [0.1, 0.15) is 37.2 Å². The van der Waals surface area contributed by atoms with Crippen LogP contribution in [0.25, 0.3) is 0 Å². The molecule has 4 heterocycles. The van der Waals surface area contributed by atoms with E-state index in [1.807, 2.05) is 12.1 Å². The molecule has 7 nitrogen and oxygen atoms in total. The molecule has 2 amide bonds. The van der Waals surface area contributed by atoms with Crippen molar-refractivity contribution in [3.63, 3.8) is 0 Å². The summed E-state index contributed by atoms with van der Waals surface area (Å²) < 4.78 is 0. The van der Waals surface area contributed by atoms with Gasteiger partial charge in [0.25, 0.3) is 0 Å². The second-order valence-corrected chi connectivity index (χ2v) is 10.6. The number of nitrogens with two attached hydrogens (primary N) is 1. The molecule has 3 N–H and O–H groups in total. The first-order valence-corrected chi connectivity index (χ1v) is 12.5. The molecule has 0 saturated carbocycles. The molecule has 2 atom stereocenters. The maximum absolute atomic E-state index is 12.1. The van der Waals surface area contributed by atoms with Gasteiger partial charge < -0.3 is 15.5 Å². The number of hydrogen-bond donors (Lipinski definition) is 2. The molecule has 4 aliphatic heterocycles. The molecule has 7 heteroatoms. The third-order valence-corrected chi connectivity index (χ3v) is 8.44. The van der Waals surface area contributed by atoms with E-state index in [4.69, 9.17) is 5.73 Å². The van der Waals surface area contributed by atoms with Crippen molar-refractivity contribution in [3.05, 3.63) is 54.1 Å². The van der Waals surface area contributed by atoms with E-state index in [0.717, 1.165) is 37.4 Å². The van der Waals surface area contributed by atoms with Gasteiger partial charge in [-0.3, -0.25) is 19.8 Å². The third-order valence-electron chi connectivity index (χ3n) is 8.44. The zero-order chi connectivity index (χ0) is 23.3. The van der Waals surface area contributed by atoms with Crippen LogP contribution in [0.15, 0.2) is 48.5 Å². The molecule has 2 unspecified atom stereocenters. The van der Waals surface area contributed by atoms with E-state index in [1.54, 1.807) is 0 Å². The molecule has 0 aliphatic carbocycles. The quantitative estimate of drug-likeness (QED) is 0.540. The van der Waals surface area contributed by atoms with Crippen LogP contribution in [0, 0.1) is 5.41 Å². The first kappa shape index (κ1) is 21.5. The van der Waals surface area contributed by atoms with Crippen molar-refractivity contribution < 1.29 is 9.59 Å². The number of carbonyl (C=O) groups excluding carboxylic acids is 2. The highest BCUT2D eigenvalue weighted by atomic mass is 16.2. The van der Waals surface area contributed by atoms with Gasteiger partial charge in [0.1, 0.15) is 0 Å². The van der Waals surface area contributed by atoms with E-state index >= 15 is 0 Å². The smallest absolute Gasteiger partial charge is 0.234 e. The van der Waals surface area contributed by atoms with Crippen molar-refractivity contribution in [3.8, 4) is 0 Å². The predicted octanol–water partition coefficient (Wildman–Crippen LogP) is 2.58. The highest BCUT2D eigenvalue weighted by Crippen LogP contribution is 2.43. The van der Waals surface area contributed by atoms with E-state index in [0.29, 0.717) is 24.3 Å². The second-order valence-electron chi connectivity index (χ2n) is 10.6. The fourth-order valence-electron chi connectivity index (χ4n) is 6.28. The molecule has 1 spiro atoms. The van der Waals surface area contributed by atoms with E-state index in [9.17, 15) is 9.59 Å². The monoisotopic (exact) mass is 459 g/mol. The molecule has 4 fully saturated rings. The van der Waals surface area contributed by atoms with Crippen molar-refractivity contribution in [2.45, 2.75) is 37.6 Å². The minimum absolute atomic E-state index is 0.163. The van der Waals surface area contributed by atoms with Gasteiger partial charge in [-0.2, -0.15) is 0 Å². The summed E-state index contributed by atoms with van der Waals surface area (Å²) in [6.07, 6.45) is 3.57. The van der Waals surface area contributed by atoms with Gasteiger partial charge in [-0.1, -0.05) is 12.1 Å². The highest BCUT2D eigenvalue weighted by molar-refractivity contribution is 6.00. The zero-order valence-electron chi connectivity index (χ0n) is 19.6. The van der Waals surface area contributed by atoms with Crippen molar-refractivity contribution in [1.29, 1.82) is 0 Å². The van der Waals surface area contributed by atoms with Crippen LogP contribution < -0.4 is 20.9 Å². The second kappa shape index (κ2) is 8.31. The van der Waals surface area contributed by atoms with Crippen LogP contribution in [0.3, 0.4) is 0 Å². The summed E-state index contributed by atoms with van der Waals surface area (Å²) >= 11 is 0. The number of benzene rings is 2. The van der Waals surface area contributed by atoms with Gasteiger partial charge >= 0.3 is 0 Å². The number of amides is 2. The van der Waals surface area contributed by atoms with Crippen LogP contribution in [-0.4, -0.2) is 62.0 Å². The Balaban J connectivity index is 1.02. The van der Waals surface area contributed by atoms with Crippen LogP contribution in [0.5, 0.6) is 0 Å². The maximum Gasteiger partial charge on any atom is 0.234 e. The van der Waals surface area contributed by atoms with Gasteiger partial charge in [-0.05, 0) is 67.8 Å². The van der Waals surface area contributed by atoms with Gasteiger partial charge in [0, 0.05) is 67.7 Å². The first-order chi connectivity index (χ1) is 16.5. The molecular formula is C27H33N5O2. The number of rotatable bonds is 4. The molecule has 4 aliphatic rings. The molecular weight excluding hydrogens is 426 g/mol. The molecule has 0 aromatic heterocycles. The molecule has 178 valence electrons. The normalized spacial score (nSPS) is 27.9. The van der Waals surface area contributed by atoms with Gasteiger partial charge in [0.15, 0.2) is 0 Å². The first-order valence-electron chi connectivity index (χ1n) is 12.5. The van der Waals surface area contributed by atoms with Crippen molar-refractivity contribution in [1.82, 2.24) is 10.2 Å². The summed E-state index contributed by atoms with van der Waals surface area (Å²) in [5.41, 5.74) is 10.6. The van der Waals surface area contributed by atoms with E-state index in [1.165, 1.54) is 37.3 Å². The number of carbonyl (C=O) groups is 2. The van der Waals surface area contributed by atoms with E-state index < -0.39 is 0 Å². The lowest BCUT2D eigenvalue weighted by Gasteiger charge is -2.46.